The molecule has 6 nitrogen and oxygen atoms in total. The number of ether oxygens (including phenoxy) is 2. The molecular formula is C17H15ClF2N2O4. The lowest BCUT2D eigenvalue weighted by Crippen LogP contribution is -2.38. The standard InChI is InChI=1S/C17H15ClF2N2O4/c1-25-16-8-14(15(22(23)24)7-13(16)20)21-4-5-26-17(9-21)10-2-3-12(19)11(18)6-10/h2-3,6-8,17H,4-5,9H2,1H3. The molecule has 3 rings (SSSR count). The van der Waals surface area contributed by atoms with Crippen LogP contribution in [0, 0.1) is 21.7 Å². The highest BCUT2D eigenvalue weighted by atomic mass is 35.5. The molecule has 138 valence electrons. The maximum atomic E-state index is 13.9. The van der Waals surface area contributed by atoms with E-state index in [1.807, 2.05) is 0 Å². The largest absolute Gasteiger partial charge is 0.494 e. The maximum Gasteiger partial charge on any atom is 0.295 e. The average Bonchev–Trinajstić information content (AvgIpc) is 2.63. The van der Waals surface area contributed by atoms with Crippen molar-refractivity contribution in [1.29, 1.82) is 0 Å². The smallest absolute Gasteiger partial charge is 0.295 e. The zero-order valence-corrected chi connectivity index (χ0v) is 14.5. The van der Waals surface area contributed by atoms with Gasteiger partial charge in [0, 0.05) is 19.2 Å². The van der Waals surface area contributed by atoms with E-state index in [2.05, 4.69) is 0 Å². The normalized spacial score (nSPS) is 17.2. The molecule has 2 aromatic rings. The van der Waals surface area contributed by atoms with Gasteiger partial charge in [0.25, 0.3) is 5.69 Å². The highest BCUT2D eigenvalue weighted by Crippen LogP contribution is 2.37. The van der Waals surface area contributed by atoms with E-state index in [1.54, 1.807) is 11.0 Å². The van der Waals surface area contributed by atoms with Gasteiger partial charge in [-0.25, -0.2) is 8.78 Å². The Balaban J connectivity index is 1.94. The van der Waals surface area contributed by atoms with Crippen LogP contribution in [0.25, 0.3) is 0 Å². The van der Waals surface area contributed by atoms with E-state index >= 15 is 0 Å². The molecule has 0 spiro atoms. The number of nitro groups is 1. The van der Waals surface area contributed by atoms with Gasteiger partial charge < -0.3 is 14.4 Å². The lowest BCUT2D eigenvalue weighted by molar-refractivity contribution is -0.384. The van der Waals surface area contributed by atoms with Crippen LogP contribution in [0.4, 0.5) is 20.2 Å². The third-order valence-corrected chi connectivity index (χ3v) is 4.46. The van der Waals surface area contributed by atoms with E-state index in [-0.39, 0.29) is 35.3 Å². The van der Waals surface area contributed by atoms with Gasteiger partial charge in [0.05, 0.1) is 29.7 Å². The molecule has 2 aromatic carbocycles. The van der Waals surface area contributed by atoms with Gasteiger partial charge in [-0.3, -0.25) is 10.1 Å². The lowest BCUT2D eigenvalue weighted by atomic mass is 10.1. The lowest BCUT2D eigenvalue weighted by Gasteiger charge is -2.34. The van der Waals surface area contributed by atoms with Gasteiger partial charge in [0.2, 0.25) is 0 Å². The van der Waals surface area contributed by atoms with E-state index in [0.717, 1.165) is 6.07 Å². The molecule has 0 amide bonds. The summed E-state index contributed by atoms with van der Waals surface area (Å²) in [5.74, 6) is -1.43. The van der Waals surface area contributed by atoms with E-state index in [9.17, 15) is 18.9 Å². The summed E-state index contributed by atoms with van der Waals surface area (Å²) in [6.45, 7) is 0.926. The van der Waals surface area contributed by atoms with Crippen molar-refractivity contribution in [2.45, 2.75) is 6.10 Å². The molecule has 1 aliphatic rings. The zero-order valence-electron chi connectivity index (χ0n) is 13.7. The molecule has 9 heteroatoms. The van der Waals surface area contributed by atoms with Crippen LogP contribution in [0.3, 0.4) is 0 Å². The van der Waals surface area contributed by atoms with Crippen LogP contribution in [-0.2, 0) is 4.74 Å². The summed E-state index contributed by atoms with van der Waals surface area (Å²) in [5, 5.41) is 11.3. The fourth-order valence-electron chi connectivity index (χ4n) is 2.87. The number of nitrogens with zero attached hydrogens (tertiary/aromatic N) is 2. The predicted molar refractivity (Wildman–Crippen MR) is 91.9 cm³/mol. The Morgan fingerprint density at radius 1 is 1.31 bits per heavy atom. The number of methoxy groups -OCH3 is 1. The van der Waals surface area contributed by atoms with Crippen molar-refractivity contribution in [2.24, 2.45) is 0 Å². The van der Waals surface area contributed by atoms with Crippen LogP contribution in [0.5, 0.6) is 5.75 Å². The zero-order chi connectivity index (χ0) is 18.8. The Hall–Kier alpha value is -2.45. The molecule has 0 radical (unpaired) electrons. The molecule has 0 aromatic heterocycles. The Kier molecular flexibility index (Phi) is 5.24. The maximum absolute atomic E-state index is 13.9. The number of benzene rings is 2. The van der Waals surface area contributed by atoms with Crippen molar-refractivity contribution in [1.82, 2.24) is 0 Å². The third kappa shape index (κ3) is 3.56. The number of anilines is 1. The summed E-state index contributed by atoms with van der Waals surface area (Å²) in [5.41, 5.74) is 0.522. The summed E-state index contributed by atoms with van der Waals surface area (Å²) < 4.78 is 37.9. The Bertz CT molecular complexity index is 850. The summed E-state index contributed by atoms with van der Waals surface area (Å²) in [6.07, 6.45) is -0.461. The molecule has 1 atom stereocenters. The fraction of sp³-hybridized carbons (Fsp3) is 0.294. The highest BCUT2D eigenvalue weighted by molar-refractivity contribution is 6.30. The van der Waals surface area contributed by atoms with Gasteiger partial charge in [-0.2, -0.15) is 0 Å². The monoisotopic (exact) mass is 384 g/mol. The molecule has 0 N–H and O–H groups in total. The topological polar surface area (TPSA) is 64.8 Å². The van der Waals surface area contributed by atoms with Crippen LogP contribution < -0.4 is 9.64 Å². The van der Waals surface area contributed by atoms with Crippen molar-refractivity contribution in [2.75, 3.05) is 31.7 Å². The van der Waals surface area contributed by atoms with E-state index in [1.165, 1.54) is 25.3 Å². The summed E-state index contributed by atoms with van der Waals surface area (Å²) in [7, 11) is 1.29. The molecule has 0 bridgehead atoms. The van der Waals surface area contributed by atoms with Crippen LogP contribution in [-0.4, -0.2) is 31.7 Å². The van der Waals surface area contributed by atoms with Crippen molar-refractivity contribution in [3.63, 3.8) is 0 Å². The predicted octanol–water partition coefficient (Wildman–Crippen LogP) is 4.11. The SMILES string of the molecule is COc1cc(N2CCOC(c3ccc(F)c(Cl)c3)C2)c([N+](=O)[O-])cc1F. The average molecular weight is 385 g/mol. The molecule has 1 fully saturated rings. The number of morpholine rings is 1. The van der Waals surface area contributed by atoms with Crippen molar-refractivity contribution < 1.29 is 23.2 Å². The first-order chi connectivity index (χ1) is 12.4. The Morgan fingerprint density at radius 2 is 2.08 bits per heavy atom. The van der Waals surface area contributed by atoms with E-state index < -0.39 is 22.7 Å². The van der Waals surface area contributed by atoms with Gasteiger partial charge in [0.1, 0.15) is 17.6 Å². The molecule has 1 unspecified atom stereocenters. The number of nitro benzene ring substituents is 1. The van der Waals surface area contributed by atoms with Crippen LogP contribution in [0.15, 0.2) is 30.3 Å². The molecule has 1 aliphatic heterocycles. The van der Waals surface area contributed by atoms with Crippen molar-refractivity contribution >= 4 is 23.0 Å². The molecule has 0 saturated carbocycles. The Morgan fingerprint density at radius 3 is 2.73 bits per heavy atom. The second-order valence-electron chi connectivity index (χ2n) is 5.71. The third-order valence-electron chi connectivity index (χ3n) is 4.17. The van der Waals surface area contributed by atoms with Gasteiger partial charge in [0.15, 0.2) is 11.6 Å². The highest BCUT2D eigenvalue weighted by Gasteiger charge is 2.29. The van der Waals surface area contributed by atoms with Crippen LogP contribution in [0.2, 0.25) is 5.02 Å². The van der Waals surface area contributed by atoms with Gasteiger partial charge >= 0.3 is 0 Å². The number of rotatable bonds is 4. The minimum Gasteiger partial charge on any atom is -0.494 e. The van der Waals surface area contributed by atoms with E-state index in [4.69, 9.17) is 21.1 Å². The second-order valence-corrected chi connectivity index (χ2v) is 6.12. The molecule has 1 saturated heterocycles. The van der Waals surface area contributed by atoms with Gasteiger partial charge in [-0.05, 0) is 17.7 Å². The minimum atomic E-state index is -0.807. The van der Waals surface area contributed by atoms with Crippen molar-refractivity contribution in [3.8, 4) is 5.75 Å². The summed E-state index contributed by atoms with van der Waals surface area (Å²) in [6, 6.07) is 6.39. The number of hydrogen-bond donors (Lipinski definition) is 0. The first-order valence-corrected chi connectivity index (χ1v) is 8.12. The van der Waals surface area contributed by atoms with Crippen LogP contribution in [0.1, 0.15) is 11.7 Å². The van der Waals surface area contributed by atoms with Gasteiger partial charge in [-0.1, -0.05) is 17.7 Å². The summed E-state index contributed by atoms with van der Waals surface area (Å²) in [4.78, 5) is 12.4. The van der Waals surface area contributed by atoms with Crippen molar-refractivity contribution in [3.05, 3.63) is 62.7 Å². The molecule has 1 heterocycles. The first-order valence-electron chi connectivity index (χ1n) is 7.74. The minimum absolute atomic E-state index is 0.0299. The molecule has 0 aliphatic carbocycles. The van der Waals surface area contributed by atoms with E-state index in [0.29, 0.717) is 12.1 Å². The Labute approximate surface area is 153 Å². The number of hydrogen-bond acceptors (Lipinski definition) is 5. The molecule has 26 heavy (non-hydrogen) atoms. The van der Waals surface area contributed by atoms with Gasteiger partial charge in [-0.15, -0.1) is 0 Å². The number of halogens is 3. The first kappa shape index (κ1) is 18.3. The fourth-order valence-corrected chi connectivity index (χ4v) is 3.06. The molecular weight excluding hydrogens is 370 g/mol. The summed E-state index contributed by atoms with van der Waals surface area (Å²) >= 11 is 5.82. The van der Waals surface area contributed by atoms with Crippen LogP contribution >= 0.6 is 11.6 Å². The second kappa shape index (κ2) is 7.43. The quantitative estimate of drug-likeness (QED) is 0.586.